The predicted octanol–water partition coefficient (Wildman–Crippen LogP) is 3.42. The number of ketones is 1. The topological polar surface area (TPSA) is 71.1 Å². The Kier molecular flexibility index (Phi) is 4.69. The van der Waals surface area contributed by atoms with Gasteiger partial charge in [0.2, 0.25) is 8.32 Å². The zero-order chi connectivity index (χ0) is 20.4. The zero-order valence-electron chi connectivity index (χ0n) is 17.6. The van der Waals surface area contributed by atoms with Gasteiger partial charge >= 0.3 is 5.97 Å². The molecule has 1 saturated heterocycles. The molecule has 152 valence electrons. The van der Waals surface area contributed by atoms with Gasteiger partial charge in [-0.25, -0.2) is 0 Å². The SMILES string of the molecule is CCOC(=O)[C@]1(/C=C/O[Si](C)(C)C(C)(C)C)[C@H]2[C@@H]3OC(C)(C)O[C@@H]3C(=O)[C@H]21. The van der Waals surface area contributed by atoms with Crippen molar-refractivity contribution < 1.29 is 28.2 Å². The Morgan fingerprint density at radius 2 is 1.89 bits per heavy atom. The summed E-state index contributed by atoms with van der Waals surface area (Å²) < 4.78 is 23.2. The minimum atomic E-state index is -2.01. The highest BCUT2D eigenvalue weighted by atomic mass is 28.4. The van der Waals surface area contributed by atoms with Gasteiger partial charge < -0.3 is 18.6 Å². The van der Waals surface area contributed by atoms with Crippen LogP contribution in [0.2, 0.25) is 18.1 Å². The molecule has 0 amide bonds. The van der Waals surface area contributed by atoms with Crippen molar-refractivity contribution in [2.75, 3.05) is 6.61 Å². The number of ether oxygens (including phenoxy) is 3. The number of hydrogen-bond acceptors (Lipinski definition) is 6. The van der Waals surface area contributed by atoms with Gasteiger partial charge in [-0.1, -0.05) is 20.8 Å². The fourth-order valence-electron chi connectivity index (χ4n) is 4.05. The van der Waals surface area contributed by atoms with Crippen LogP contribution in [0.15, 0.2) is 12.3 Å². The molecule has 3 fully saturated rings. The maximum Gasteiger partial charge on any atom is 0.317 e. The Morgan fingerprint density at radius 1 is 1.26 bits per heavy atom. The van der Waals surface area contributed by atoms with Crippen molar-refractivity contribution in [3.05, 3.63) is 12.3 Å². The summed E-state index contributed by atoms with van der Waals surface area (Å²) in [5.41, 5.74) is -1.000. The van der Waals surface area contributed by atoms with Crippen molar-refractivity contribution in [2.45, 2.75) is 77.7 Å². The Hall–Kier alpha value is -1.18. The molecule has 3 rings (SSSR count). The van der Waals surface area contributed by atoms with Crippen LogP contribution in [0.4, 0.5) is 0 Å². The first-order valence-electron chi connectivity index (χ1n) is 9.70. The number of esters is 1. The second-order valence-electron chi connectivity index (χ2n) is 9.76. The van der Waals surface area contributed by atoms with Gasteiger partial charge in [0, 0.05) is 11.8 Å². The molecule has 2 saturated carbocycles. The maximum atomic E-state index is 12.9. The van der Waals surface area contributed by atoms with Crippen LogP contribution in [0.5, 0.6) is 0 Å². The van der Waals surface area contributed by atoms with E-state index in [0.29, 0.717) is 0 Å². The molecule has 7 heteroatoms. The Bertz CT molecular complexity index is 676. The smallest absolute Gasteiger partial charge is 0.317 e. The maximum absolute atomic E-state index is 12.9. The van der Waals surface area contributed by atoms with Crippen LogP contribution in [-0.4, -0.2) is 44.7 Å². The molecule has 0 aromatic rings. The molecule has 1 heterocycles. The van der Waals surface area contributed by atoms with Crippen LogP contribution in [0, 0.1) is 17.3 Å². The molecule has 0 spiro atoms. The Balaban J connectivity index is 1.86. The standard InChI is InChI=1S/C20H32O6Si/c1-9-23-17(22)20(10-11-24-27(7,8)18(2,3)4)12-13(20)15-16(14(12)21)26-19(5,6)25-15/h10-13,15-16H,9H2,1-8H3/b11-10+/t12-,13+,15-,16+,20-/m0/s1. The lowest BCUT2D eigenvalue weighted by Gasteiger charge is -2.35. The minimum Gasteiger partial charge on any atom is -0.549 e. The largest absolute Gasteiger partial charge is 0.549 e. The van der Waals surface area contributed by atoms with Gasteiger partial charge in [0.25, 0.3) is 0 Å². The average molecular weight is 397 g/mol. The van der Waals surface area contributed by atoms with Crippen molar-refractivity contribution in [3.8, 4) is 0 Å². The Labute approximate surface area is 162 Å². The van der Waals surface area contributed by atoms with E-state index in [9.17, 15) is 9.59 Å². The van der Waals surface area contributed by atoms with Crippen molar-refractivity contribution in [1.82, 2.24) is 0 Å². The van der Waals surface area contributed by atoms with Crippen LogP contribution in [-0.2, 0) is 28.2 Å². The third-order valence-corrected chi connectivity index (χ3v) is 10.9. The predicted molar refractivity (Wildman–Crippen MR) is 102 cm³/mol. The van der Waals surface area contributed by atoms with E-state index in [1.54, 1.807) is 33.1 Å². The number of fused-ring (bicyclic) bond motifs is 3. The highest BCUT2D eigenvalue weighted by molar-refractivity contribution is 6.74. The summed E-state index contributed by atoms with van der Waals surface area (Å²) in [4.78, 5) is 25.7. The highest BCUT2D eigenvalue weighted by Gasteiger charge is 2.82. The zero-order valence-corrected chi connectivity index (χ0v) is 18.6. The summed E-state index contributed by atoms with van der Waals surface area (Å²) in [6.07, 6.45) is 2.35. The van der Waals surface area contributed by atoms with Crippen LogP contribution >= 0.6 is 0 Å². The molecular formula is C20H32O6Si. The van der Waals surface area contributed by atoms with Gasteiger partial charge in [-0.05, 0) is 45.0 Å². The van der Waals surface area contributed by atoms with Gasteiger partial charge in [-0.15, -0.1) is 0 Å². The summed E-state index contributed by atoms with van der Waals surface area (Å²) >= 11 is 0. The lowest BCUT2D eigenvalue weighted by atomic mass is 9.92. The number of carbonyl (C=O) groups is 2. The molecule has 0 aromatic carbocycles. The summed E-state index contributed by atoms with van der Waals surface area (Å²) in [6.45, 7) is 16.3. The third kappa shape index (κ3) is 3.08. The van der Waals surface area contributed by atoms with Crippen molar-refractivity contribution >= 4 is 20.1 Å². The van der Waals surface area contributed by atoms with E-state index in [-0.39, 0.29) is 29.3 Å². The number of carbonyl (C=O) groups excluding carboxylic acids is 2. The van der Waals surface area contributed by atoms with Crippen molar-refractivity contribution in [1.29, 1.82) is 0 Å². The van der Waals surface area contributed by atoms with Gasteiger partial charge in [0.05, 0.1) is 19.0 Å². The van der Waals surface area contributed by atoms with E-state index >= 15 is 0 Å². The van der Waals surface area contributed by atoms with Crippen molar-refractivity contribution in [2.24, 2.45) is 17.3 Å². The fraction of sp³-hybridized carbons (Fsp3) is 0.800. The number of Topliss-reactive ketones (excluding diaryl/α,β-unsaturated/α-hetero) is 1. The highest BCUT2D eigenvalue weighted by Crippen LogP contribution is 2.70. The molecule has 3 aliphatic rings. The van der Waals surface area contributed by atoms with Crippen LogP contribution in [0.3, 0.4) is 0 Å². The van der Waals surface area contributed by atoms with E-state index in [4.69, 9.17) is 18.6 Å². The number of hydrogen-bond donors (Lipinski definition) is 0. The molecule has 0 bridgehead atoms. The molecule has 0 aromatic heterocycles. The summed E-state index contributed by atoms with van der Waals surface area (Å²) in [7, 11) is -2.01. The second kappa shape index (κ2) is 6.16. The van der Waals surface area contributed by atoms with Crippen LogP contribution in [0.25, 0.3) is 0 Å². The summed E-state index contributed by atoms with van der Waals surface area (Å²) in [5, 5.41) is 0.0429. The summed E-state index contributed by atoms with van der Waals surface area (Å²) in [6, 6.07) is 0. The Morgan fingerprint density at radius 3 is 2.44 bits per heavy atom. The lowest BCUT2D eigenvalue weighted by Crippen LogP contribution is -2.39. The van der Waals surface area contributed by atoms with Gasteiger partial charge in [0.1, 0.15) is 11.5 Å². The molecular weight excluding hydrogens is 364 g/mol. The minimum absolute atomic E-state index is 0.0429. The van der Waals surface area contributed by atoms with Crippen LogP contribution < -0.4 is 0 Å². The van der Waals surface area contributed by atoms with E-state index in [1.807, 2.05) is 0 Å². The van der Waals surface area contributed by atoms with E-state index in [2.05, 4.69) is 33.9 Å². The average Bonchev–Trinajstić information content (AvgIpc) is 2.96. The first kappa shape index (κ1) is 20.5. The molecule has 5 atom stereocenters. The molecule has 0 unspecified atom stereocenters. The lowest BCUT2D eigenvalue weighted by molar-refractivity contribution is -0.160. The molecule has 2 aliphatic carbocycles. The molecule has 1 aliphatic heterocycles. The van der Waals surface area contributed by atoms with Crippen LogP contribution in [0.1, 0.15) is 41.5 Å². The monoisotopic (exact) mass is 396 g/mol. The normalized spacial score (nSPS) is 37.3. The van der Waals surface area contributed by atoms with E-state index in [0.717, 1.165) is 0 Å². The molecule has 6 nitrogen and oxygen atoms in total. The van der Waals surface area contributed by atoms with E-state index in [1.165, 1.54) is 0 Å². The van der Waals surface area contributed by atoms with Gasteiger partial charge in [-0.3, -0.25) is 9.59 Å². The van der Waals surface area contributed by atoms with Gasteiger partial charge in [-0.2, -0.15) is 0 Å². The van der Waals surface area contributed by atoms with E-state index < -0.39 is 37.6 Å². The first-order chi connectivity index (χ1) is 12.3. The molecule has 0 N–H and O–H groups in total. The van der Waals surface area contributed by atoms with Gasteiger partial charge in [0.15, 0.2) is 11.6 Å². The van der Waals surface area contributed by atoms with Crippen molar-refractivity contribution in [3.63, 3.8) is 0 Å². The second-order valence-corrected chi connectivity index (χ2v) is 14.5. The molecule has 0 radical (unpaired) electrons. The summed E-state index contributed by atoms with van der Waals surface area (Å²) in [5.74, 6) is -1.98. The number of rotatable bonds is 5. The molecule has 27 heavy (non-hydrogen) atoms. The quantitative estimate of drug-likeness (QED) is 0.403. The fourth-order valence-corrected chi connectivity index (χ4v) is 4.81. The first-order valence-corrected chi connectivity index (χ1v) is 12.6. The third-order valence-electron chi connectivity index (χ3n) is 6.53.